The predicted molar refractivity (Wildman–Crippen MR) is 138 cm³/mol. The lowest BCUT2D eigenvalue weighted by atomic mass is 9.77. The maximum absolute atomic E-state index is 2.41. The van der Waals surface area contributed by atoms with Gasteiger partial charge in [-0.1, -0.05) is 107 Å². The largest absolute Gasteiger partial charge is 0.0839 e. The standard InChI is InChI=1S/C31H44/c1-3-5-6-7-8-9-11-27-12-14-28(15-13-27)16-17-29-20-24-31(25-21-29)30-22-18-26(10-4-2)19-23-30/h9,11-15,20-21,24-26,30H,3-8,10,16-19,22-23H2,1-2H3/b11-9+. The van der Waals surface area contributed by atoms with Crippen LogP contribution in [0, 0.1) is 5.92 Å². The first-order valence-corrected chi connectivity index (χ1v) is 13.1. The summed E-state index contributed by atoms with van der Waals surface area (Å²) in [6.07, 6.45) is 21.9. The molecule has 0 atom stereocenters. The maximum Gasteiger partial charge on any atom is -0.0162 e. The Morgan fingerprint density at radius 1 is 0.710 bits per heavy atom. The highest BCUT2D eigenvalue weighted by Crippen LogP contribution is 2.37. The molecule has 1 fully saturated rings. The second kappa shape index (κ2) is 13.6. The van der Waals surface area contributed by atoms with Gasteiger partial charge in [-0.15, -0.1) is 0 Å². The molecule has 0 aromatic heterocycles. The van der Waals surface area contributed by atoms with Crippen LogP contribution in [-0.2, 0) is 12.8 Å². The fourth-order valence-corrected chi connectivity index (χ4v) is 5.14. The van der Waals surface area contributed by atoms with E-state index in [1.807, 2.05) is 0 Å². The zero-order valence-electron chi connectivity index (χ0n) is 20.1. The van der Waals surface area contributed by atoms with Crippen molar-refractivity contribution in [1.29, 1.82) is 0 Å². The van der Waals surface area contributed by atoms with Crippen molar-refractivity contribution in [3.05, 3.63) is 76.9 Å². The average Bonchev–Trinajstić information content (AvgIpc) is 2.82. The molecule has 0 nitrogen and oxygen atoms in total. The number of rotatable bonds is 12. The van der Waals surface area contributed by atoms with Gasteiger partial charge in [0.25, 0.3) is 0 Å². The third-order valence-electron chi connectivity index (χ3n) is 7.21. The van der Waals surface area contributed by atoms with Crippen molar-refractivity contribution in [3.63, 3.8) is 0 Å². The molecule has 0 saturated heterocycles. The van der Waals surface area contributed by atoms with E-state index in [-0.39, 0.29) is 0 Å². The highest BCUT2D eigenvalue weighted by atomic mass is 14.3. The van der Waals surface area contributed by atoms with Crippen LogP contribution in [0.2, 0.25) is 0 Å². The molecule has 0 radical (unpaired) electrons. The zero-order chi connectivity index (χ0) is 21.7. The lowest BCUT2D eigenvalue weighted by molar-refractivity contribution is 0.308. The summed E-state index contributed by atoms with van der Waals surface area (Å²) in [6, 6.07) is 18.7. The quantitative estimate of drug-likeness (QED) is 0.302. The SMILES string of the molecule is CCCCCC/C=C/c1ccc(CCc2ccc(C3CCC(CCC)CC3)cc2)cc1. The molecule has 2 aromatic carbocycles. The summed E-state index contributed by atoms with van der Waals surface area (Å²) in [6.45, 7) is 4.60. The van der Waals surface area contributed by atoms with E-state index in [4.69, 9.17) is 0 Å². The van der Waals surface area contributed by atoms with Crippen molar-refractivity contribution in [2.75, 3.05) is 0 Å². The Morgan fingerprint density at radius 2 is 1.35 bits per heavy atom. The minimum atomic E-state index is 0.800. The Bertz CT molecular complexity index is 742. The molecule has 3 rings (SSSR count). The molecule has 0 heteroatoms. The van der Waals surface area contributed by atoms with Crippen LogP contribution >= 0.6 is 0 Å². The third kappa shape index (κ3) is 8.32. The number of hydrogen-bond acceptors (Lipinski definition) is 0. The molecule has 0 heterocycles. The molecule has 0 aliphatic heterocycles. The van der Waals surface area contributed by atoms with Gasteiger partial charge in [-0.05, 0) is 85.5 Å². The van der Waals surface area contributed by atoms with Gasteiger partial charge in [0, 0.05) is 0 Å². The van der Waals surface area contributed by atoms with Crippen LogP contribution in [0.25, 0.3) is 6.08 Å². The summed E-state index contributed by atoms with van der Waals surface area (Å²) in [7, 11) is 0. The van der Waals surface area contributed by atoms with Gasteiger partial charge in [-0.2, -0.15) is 0 Å². The van der Waals surface area contributed by atoms with Crippen LogP contribution in [0.15, 0.2) is 54.6 Å². The fourth-order valence-electron chi connectivity index (χ4n) is 5.14. The van der Waals surface area contributed by atoms with Gasteiger partial charge >= 0.3 is 0 Å². The van der Waals surface area contributed by atoms with Crippen LogP contribution in [-0.4, -0.2) is 0 Å². The first-order valence-electron chi connectivity index (χ1n) is 13.1. The Hall–Kier alpha value is -1.82. The molecule has 168 valence electrons. The van der Waals surface area contributed by atoms with Crippen molar-refractivity contribution >= 4 is 6.08 Å². The number of allylic oxidation sites excluding steroid dienone is 1. The van der Waals surface area contributed by atoms with E-state index in [1.54, 1.807) is 5.56 Å². The molecule has 0 spiro atoms. The Balaban J connectivity index is 1.40. The van der Waals surface area contributed by atoms with E-state index in [2.05, 4.69) is 74.5 Å². The highest BCUT2D eigenvalue weighted by molar-refractivity contribution is 5.49. The van der Waals surface area contributed by atoms with E-state index >= 15 is 0 Å². The smallest absolute Gasteiger partial charge is 0.0162 e. The van der Waals surface area contributed by atoms with E-state index in [0.717, 1.165) is 24.7 Å². The Kier molecular flexibility index (Phi) is 10.4. The molecule has 2 aromatic rings. The first kappa shape index (κ1) is 23.8. The van der Waals surface area contributed by atoms with Crippen LogP contribution < -0.4 is 0 Å². The van der Waals surface area contributed by atoms with E-state index in [9.17, 15) is 0 Å². The molecular formula is C31H44. The summed E-state index contributed by atoms with van der Waals surface area (Å²) in [5, 5.41) is 0. The topological polar surface area (TPSA) is 0 Å². The van der Waals surface area contributed by atoms with Crippen molar-refractivity contribution in [1.82, 2.24) is 0 Å². The van der Waals surface area contributed by atoms with Gasteiger partial charge < -0.3 is 0 Å². The van der Waals surface area contributed by atoms with Crippen molar-refractivity contribution in [3.8, 4) is 0 Å². The minimum absolute atomic E-state index is 0.800. The molecule has 0 amide bonds. The predicted octanol–water partition coefficient (Wildman–Crippen LogP) is 9.53. The number of benzene rings is 2. The molecule has 31 heavy (non-hydrogen) atoms. The highest BCUT2D eigenvalue weighted by Gasteiger charge is 2.21. The summed E-state index contributed by atoms with van der Waals surface area (Å²) in [5.41, 5.74) is 5.82. The average molecular weight is 417 g/mol. The first-order chi connectivity index (χ1) is 15.3. The van der Waals surface area contributed by atoms with Gasteiger partial charge in [-0.25, -0.2) is 0 Å². The summed E-state index contributed by atoms with van der Waals surface area (Å²) >= 11 is 0. The lowest BCUT2D eigenvalue weighted by Gasteiger charge is -2.28. The van der Waals surface area contributed by atoms with E-state index in [0.29, 0.717) is 0 Å². The number of aryl methyl sites for hydroxylation is 2. The molecule has 1 aliphatic rings. The van der Waals surface area contributed by atoms with Gasteiger partial charge in [-0.3, -0.25) is 0 Å². The maximum atomic E-state index is 2.41. The lowest BCUT2D eigenvalue weighted by Crippen LogP contribution is -2.13. The molecule has 1 saturated carbocycles. The molecule has 0 bridgehead atoms. The van der Waals surface area contributed by atoms with Crippen LogP contribution in [0.4, 0.5) is 0 Å². The second-order valence-electron chi connectivity index (χ2n) is 9.74. The van der Waals surface area contributed by atoms with Crippen molar-refractivity contribution in [2.45, 2.75) is 103 Å². The van der Waals surface area contributed by atoms with Gasteiger partial charge in [0.15, 0.2) is 0 Å². The van der Waals surface area contributed by atoms with E-state index in [1.165, 1.54) is 87.3 Å². The Labute approximate surface area is 192 Å². The molecule has 0 unspecified atom stereocenters. The molecular weight excluding hydrogens is 372 g/mol. The van der Waals surface area contributed by atoms with Crippen LogP contribution in [0.3, 0.4) is 0 Å². The Morgan fingerprint density at radius 3 is 1.97 bits per heavy atom. The fraction of sp³-hybridized carbons (Fsp3) is 0.548. The number of hydrogen-bond donors (Lipinski definition) is 0. The summed E-state index contributed by atoms with van der Waals surface area (Å²) < 4.78 is 0. The van der Waals surface area contributed by atoms with Gasteiger partial charge in [0.1, 0.15) is 0 Å². The minimum Gasteiger partial charge on any atom is -0.0839 e. The second-order valence-corrected chi connectivity index (χ2v) is 9.74. The van der Waals surface area contributed by atoms with Crippen LogP contribution in [0.1, 0.15) is 113 Å². The normalized spacial score (nSPS) is 19.2. The van der Waals surface area contributed by atoms with Crippen LogP contribution in [0.5, 0.6) is 0 Å². The monoisotopic (exact) mass is 416 g/mol. The third-order valence-corrected chi connectivity index (χ3v) is 7.21. The molecule has 0 N–H and O–H groups in total. The van der Waals surface area contributed by atoms with Gasteiger partial charge in [0.2, 0.25) is 0 Å². The van der Waals surface area contributed by atoms with E-state index < -0.39 is 0 Å². The van der Waals surface area contributed by atoms with Gasteiger partial charge in [0.05, 0.1) is 0 Å². The molecule has 1 aliphatic carbocycles. The summed E-state index contributed by atoms with van der Waals surface area (Å²) in [4.78, 5) is 0. The van der Waals surface area contributed by atoms with Crippen molar-refractivity contribution in [2.24, 2.45) is 5.92 Å². The van der Waals surface area contributed by atoms with Crippen molar-refractivity contribution < 1.29 is 0 Å². The number of unbranched alkanes of at least 4 members (excludes halogenated alkanes) is 4. The zero-order valence-corrected chi connectivity index (χ0v) is 20.1. The summed E-state index contributed by atoms with van der Waals surface area (Å²) in [5.74, 6) is 1.79.